The van der Waals surface area contributed by atoms with Crippen LogP contribution in [0.3, 0.4) is 0 Å². The van der Waals surface area contributed by atoms with Crippen molar-refractivity contribution in [3.63, 3.8) is 0 Å². The van der Waals surface area contributed by atoms with E-state index >= 15 is 0 Å². The second-order valence-electron chi connectivity index (χ2n) is 12.6. The largest absolute Gasteiger partial charge is 0.411 e. The zero-order valence-electron chi connectivity index (χ0n) is 20.9. The molecule has 5 aliphatic carbocycles. The first-order chi connectivity index (χ1) is 15.3. The summed E-state index contributed by atoms with van der Waals surface area (Å²) in [6, 6.07) is 0.0420. The Morgan fingerprint density at radius 3 is 2.25 bits per heavy atom. The van der Waals surface area contributed by atoms with Crippen molar-refractivity contribution in [2.75, 3.05) is 0 Å². The van der Waals surface area contributed by atoms with E-state index < -0.39 is 0 Å². The molecule has 1 N–H and O–H groups in total. The molecule has 10 atom stereocenters. The van der Waals surface area contributed by atoms with E-state index in [0.717, 1.165) is 30.1 Å². The van der Waals surface area contributed by atoms with Crippen LogP contribution in [0.25, 0.3) is 0 Å². The molecule has 0 bridgehead atoms. The highest BCUT2D eigenvalue weighted by Gasteiger charge is 2.64. The molecule has 0 spiro atoms. The first-order valence-corrected chi connectivity index (χ1v) is 13.4. The lowest BCUT2D eigenvalue weighted by Crippen LogP contribution is -2.61. The second kappa shape index (κ2) is 8.87. The molecule has 0 aromatic rings. The molecule has 5 rings (SSSR count). The van der Waals surface area contributed by atoms with E-state index in [1.807, 2.05) is 13.1 Å². The molecule has 0 saturated heterocycles. The monoisotopic (exact) mass is 442 g/mol. The average molecular weight is 443 g/mol. The van der Waals surface area contributed by atoms with Gasteiger partial charge in [-0.05, 0) is 117 Å². The molecule has 0 heterocycles. The molecule has 32 heavy (non-hydrogen) atoms. The Hall–Kier alpha value is -1.19. The molecule has 0 aromatic carbocycles. The topological polar surface area (TPSA) is 62.0 Å². The Labute approximate surface area is 195 Å². The van der Waals surface area contributed by atoms with E-state index in [0.29, 0.717) is 22.7 Å². The maximum Gasteiger partial charge on any atom is 0.0948 e. The SMILES string of the molecule is C=CC.CC1C(N=O)CCC2(C)C1CCC1(C)C3CCC4(/C=N/O)CCCC4C3CCC21. The highest BCUT2D eigenvalue weighted by atomic mass is 16.4. The molecule has 4 heteroatoms. The van der Waals surface area contributed by atoms with Gasteiger partial charge in [-0.1, -0.05) is 38.4 Å². The molecule has 5 aliphatic rings. The predicted molar refractivity (Wildman–Crippen MR) is 132 cm³/mol. The summed E-state index contributed by atoms with van der Waals surface area (Å²) in [5.41, 5.74) is 1.01. The van der Waals surface area contributed by atoms with Gasteiger partial charge in [-0.25, -0.2) is 0 Å². The third-order valence-electron chi connectivity index (χ3n) is 11.6. The summed E-state index contributed by atoms with van der Waals surface area (Å²) in [6.45, 7) is 12.8. The fraction of sp³-hybridized carbons (Fsp3) is 0.893. The predicted octanol–water partition coefficient (Wildman–Crippen LogP) is 7.85. The summed E-state index contributed by atoms with van der Waals surface area (Å²) in [4.78, 5) is 11.4. The van der Waals surface area contributed by atoms with Gasteiger partial charge < -0.3 is 5.21 Å². The minimum absolute atomic E-state index is 0.0420. The smallest absolute Gasteiger partial charge is 0.0948 e. The maximum atomic E-state index is 11.4. The lowest BCUT2D eigenvalue weighted by atomic mass is 9.37. The van der Waals surface area contributed by atoms with Crippen molar-refractivity contribution in [3.8, 4) is 0 Å². The fourth-order valence-corrected chi connectivity index (χ4v) is 10.4. The minimum atomic E-state index is 0.0420. The van der Waals surface area contributed by atoms with Gasteiger partial charge in [0, 0.05) is 5.41 Å². The van der Waals surface area contributed by atoms with Crippen molar-refractivity contribution < 1.29 is 5.21 Å². The van der Waals surface area contributed by atoms with Crippen LogP contribution in [0.15, 0.2) is 23.0 Å². The molecule has 5 saturated carbocycles. The van der Waals surface area contributed by atoms with Crippen molar-refractivity contribution >= 4 is 6.21 Å². The van der Waals surface area contributed by atoms with E-state index in [9.17, 15) is 10.1 Å². The maximum absolute atomic E-state index is 11.4. The quantitative estimate of drug-likeness (QED) is 0.156. The summed E-state index contributed by atoms with van der Waals surface area (Å²) in [6.07, 6.45) is 17.6. The van der Waals surface area contributed by atoms with Gasteiger partial charge >= 0.3 is 0 Å². The first kappa shape index (κ1) is 24.0. The van der Waals surface area contributed by atoms with Crippen LogP contribution in [0.1, 0.15) is 98.3 Å². The number of nitrogens with zero attached hydrogens (tertiary/aromatic N) is 2. The Morgan fingerprint density at radius 1 is 0.906 bits per heavy atom. The Bertz CT molecular complexity index is 737. The zero-order chi connectivity index (χ0) is 23.1. The molecule has 0 aliphatic heterocycles. The van der Waals surface area contributed by atoms with Gasteiger partial charge in [-0.15, -0.1) is 11.7 Å². The second-order valence-corrected chi connectivity index (χ2v) is 12.6. The Morgan fingerprint density at radius 2 is 1.56 bits per heavy atom. The molecule has 180 valence electrons. The molecular weight excluding hydrogens is 396 g/mol. The van der Waals surface area contributed by atoms with Crippen LogP contribution in [0, 0.1) is 56.7 Å². The standard InChI is InChI=1S/C25H40N2O2.C3H6/c1-16-18-8-12-24(3)19-9-14-25(15-26-28)11-4-5-20(25)17(19)6-7-22(24)23(18,2)13-10-21(16)27-29;1-3-2/h15-22,28H,4-14H2,1-3H3;3H,1H2,2H3/b26-15+;. The van der Waals surface area contributed by atoms with Crippen LogP contribution in [-0.2, 0) is 0 Å². The number of oxime groups is 1. The normalized spacial score (nSPS) is 51.9. The van der Waals surface area contributed by atoms with Gasteiger partial charge in [0.1, 0.15) is 0 Å². The molecule has 5 fully saturated rings. The van der Waals surface area contributed by atoms with Crippen molar-refractivity contribution in [3.05, 3.63) is 17.6 Å². The van der Waals surface area contributed by atoms with Crippen LogP contribution in [0.2, 0.25) is 0 Å². The molecular formula is C28H46N2O2. The zero-order valence-corrected chi connectivity index (χ0v) is 20.9. The highest BCUT2D eigenvalue weighted by molar-refractivity contribution is 5.66. The van der Waals surface area contributed by atoms with Crippen molar-refractivity contribution in [2.45, 2.75) is 104 Å². The van der Waals surface area contributed by atoms with Crippen LogP contribution in [0.4, 0.5) is 0 Å². The molecule has 0 aromatic heterocycles. The van der Waals surface area contributed by atoms with Gasteiger partial charge in [0.05, 0.1) is 12.3 Å². The number of nitroso groups, excluding NO2 is 1. The molecule has 0 radical (unpaired) electrons. The Balaban J connectivity index is 0.000000775. The van der Waals surface area contributed by atoms with E-state index in [2.05, 4.69) is 37.7 Å². The summed E-state index contributed by atoms with van der Waals surface area (Å²) in [5.74, 6) is 4.29. The molecule has 10 unspecified atom stereocenters. The minimum Gasteiger partial charge on any atom is -0.411 e. The lowest BCUT2D eigenvalue weighted by Gasteiger charge is -2.67. The molecule has 4 nitrogen and oxygen atoms in total. The fourth-order valence-electron chi connectivity index (χ4n) is 10.4. The van der Waals surface area contributed by atoms with Crippen molar-refractivity contribution in [1.82, 2.24) is 0 Å². The van der Waals surface area contributed by atoms with Crippen LogP contribution in [0.5, 0.6) is 0 Å². The molecule has 0 amide bonds. The van der Waals surface area contributed by atoms with E-state index in [4.69, 9.17) is 0 Å². The van der Waals surface area contributed by atoms with Gasteiger partial charge in [-0.2, -0.15) is 4.91 Å². The average Bonchev–Trinajstić information content (AvgIpc) is 3.18. The van der Waals surface area contributed by atoms with Gasteiger partial charge in [0.15, 0.2) is 0 Å². The van der Waals surface area contributed by atoms with Gasteiger partial charge in [-0.3, -0.25) is 0 Å². The lowest BCUT2D eigenvalue weighted by molar-refractivity contribution is -0.179. The van der Waals surface area contributed by atoms with Crippen LogP contribution >= 0.6 is 0 Å². The van der Waals surface area contributed by atoms with Crippen molar-refractivity contribution in [1.29, 1.82) is 0 Å². The summed E-state index contributed by atoms with van der Waals surface area (Å²) in [7, 11) is 0. The Kier molecular flexibility index (Phi) is 6.64. The number of allylic oxidation sites excluding steroid dienone is 1. The highest BCUT2D eigenvalue weighted by Crippen LogP contribution is 2.71. The van der Waals surface area contributed by atoms with Crippen LogP contribution in [-0.4, -0.2) is 17.5 Å². The van der Waals surface area contributed by atoms with E-state index in [-0.39, 0.29) is 11.5 Å². The first-order valence-electron chi connectivity index (χ1n) is 13.4. The summed E-state index contributed by atoms with van der Waals surface area (Å²) in [5, 5.41) is 16.4. The number of rotatable bonds is 2. The van der Waals surface area contributed by atoms with Crippen molar-refractivity contribution in [2.24, 2.45) is 62.1 Å². The number of hydrogen-bond donors (Lipinski definition) is 1. The third-order valence-corrected chi connectivity index (χ3v) is 11.6. The van der Waals surface area contributed by atoms with E-state index in [1.54, 1.807) is 6.08 Å². The summed E-state index contributed by atoms with van der Waals surface area (Å²) < 4.78 is 0. The summed E-state index contributed by atoms with van der Waals surface area (Å²) >= 11 is 0. The number of fused-ring (bicyclic) bond motifs is 7. The van der Waals surface area contributed by atoms with Gasteiger partial charge in [0.2, 0.25) is 0 Å². The van der Waals surface area contributed by atoms with Gasteiger partial charge in [0.25, 0.3) is 0 Å². The van der Waals surface area contributed by atoms with E-state index in [1.165, 1.54) is 64.2 Å². The third kappa shape index (κ3) is 3.41. The number of hydrogen-bond acceptors (Lipinski definition) is 4. The van der Waals surface area contributed by atoms with Crippen LogP contribution < -0.4 is 0 Å².